The highest BCUT2D eigenvalue weighted by molar-refractivity contribution is 7.81. The number of aliphatic hydroxyl groups is 1. The van der Waals surface area contributed by atoms with Crippen LogP contribution in [0.1, 0.15) is 40.0 Å². The van der Waals surface area contributed by atoms with Crippen LogP contribution in [0.3, 0.4) is 0 Å². The Labute approximate surface area is 102 Å². The Morgan fingerprint density at radius 3 is 2.56 bits per heavy atom. The first-order valence-corrected chi connectivity index (χ1v) is 6.15. The van der Waals surface area contributed by atoms with E-state index in [-0.39, 0.29) is 11.3 Å². The van der Waals surface area contributed by atoms with Crippen LogP contribution in [0.2, 0.25) is 0 Å². The number of amides is 1. The summed E-state index contributed by atoms with van der Waals surface area (Å²) >= 11 is 4.26. The van der Waals surface area contributed by atoms with Crippen molar-refractivity contribution < 1.29 is 14.6 Å². The molecule has 94 valence electrons. The van der Waals surface area contributed by atoms with Gasteiger partial charge in [-0.15, -0.1) is 0 Å². The minimum Gasteiger partial charge on any atom is -0.444 e. The maximum absolute atomic E-state index is 11.5. The summed E-state index contributed by atoms with van der Waals surface area (Å²) < 4.78 is 5.15. The molecule has 0 radical (unpaired) electrons. The highest BCUT2D eigenvalue weighted by Crippen LogP contribution is 2.23. The van der Waals surface area contributed by atoms with E-state index in [1.807, 2.05) is 20.8 Å². The monoisotopic (exact) mass is 247 g/mol. The highest BCUT2D eigenvalue weighted by atomic mass is 32.1. The molecule has 1 amide bonds. The number of hydrogen-bond donors (Lipinski definition) is 3. The molecule has 1 aliphatic carbocycles. The Morgan fingerprint density at radius 2 is 2.06 bits per heavy atom. The van der Waals surface area contributed by atoms with Gasteiger partial charge in [0.2, 0.25) is 0 Å². The Kier molecular flexibility index (Phi) is 4.50. The van der Waals surface area contributed by atoms with E-state index in [1.54, 1.807) is 0 Å². The number of carbonyl (C=O) groups excluding carboxylic acids is 1. The molecule has 5 heteroatoms. The number of alkyl carbamates (subject to hydrolysis) is 1. The summed E-state index contributed by atoms with van der Waals surface area (Å²) in [6.45, 7) is 5.48. The topological polar surface area (TPSA) is 58.6 Å². The fourth-order valence-corrected chi connectivity index (χ4v) is 2.01. The maximum Gasteiger partial charge on any atom is 0.407 e. The molecule has 1 fully saturated rings. The van der Waals surface area contributed by atoms with E-state index in [0.717, 1.165) is 12.8 Å². The molecule has 0 spiro atoms. The molecule has 0 aromatic heterocycles. The fourth-order valence-electron chi connectivity index (χ4n) is 1.74. The van der Waals surface area contributed by atoms with Gasteiger partial charge in [-0.05, 0) is 40.0 Å². The molecule has 1 saturated carbocycles. The van der Waals surface area contributed by atoms with Crippen molar-refractivity contribution in [2.75, 3.05) is 0 Å². The second kappa shape index (κ2) is 5.27. The number of nitrogens with one attached hydrogen (secondary N) is 1. The second-order valence-electron chi connectivity index (χ2n) is 5.29. The molecule has 1 rings (SSSR count). The summed E-state index contributed by atoms with van der Waals surface area (Å²) in [5, 5.41) is 12.4. The van der Waals surface area contributed by atoms with E-state index in [4.69, 9.17) is 4.74 Å². The second-order valence-corrected chi connectivity index (χ2v) is 5.95. The molecule has 3 atom stereocenters. The molecule has 0 unspecified atom stereocenters. The van der Waals surface area contributed by atoms with Gasteiger partial charge in [-0.1, -0.05) is 0 Å². The summed E-state index contributed by atoms with van der Waals surface area (Å²) in [5.41, 5.74) is -0.483. The van der Waals surface area contributed by atoms with Crippen molar-refractivity contribution in [1.82, 2.24) is 5.32 Å². The SMILES string of the molecule is CC(C)(C)OC(=O)N[C@H]1CC[C@H](S)[C@@H](O)C1. The minimum atomic E-state index is -0.483. The average molecular weight is 247 g/mol. The van der Waals surface area contributed by atoms with Gasteiger partial charge in [-0.3, -0.25) is 0 Å². The van der Waals surface area contributed by atoms with Gasteiger partial charge < -0.3 is 15.2 Å². The lowest BCUT2D eigenvalue weighted by Crippen LogP contribution is -2.45. The zero-order chi connectivity index (χ0) is 12.3. The number of carbonyl (C=O) groups is 1. The Balaban J connectivity index is 2.35. The third-order valence-corrected chi connectivity index (χ3v) is 3.10. The largest absolute Gasteiger partial charge is 0.444 e. The summed E-state index contributed by atoms with van der Waals surface area (Å²) in [6.07, 6.45) is 1.34. The molecule has 0 aromatic rings. The maximum atomic E-state index is 11.5. The first-order chi connectivity index (χ1) is 7.28. The average Bonchev–Trinajstić information content (AvgIpc) is 2.08. The van der Waals surface area contributed by atoms with Gasteiger partial charge in [0.15, 0.2) is 0 Å². The lowest BCUT2D eigenvalue weighted by Gasteiger charge is -2.31. The molecule has 0 heterocycles. The van der Waals surface area contributed by atoms with Gasteiger partial charge in [0, 0.05) is 11.3 Å². The van der Waals surface area contributed by atoms with E-state index in [9.17, 15) is 9.90 Å². The normalized spacial score (nSPS) is 30.9. The summed E-state index contributed by atoms with van der Waals surface area (Å²) in [6, 6.07) is -0.00625. The predicted molar refractivity (Wildman–Crippen MR) is 65.8 cm³/mol. The zero-order valence-electron chi connectivity index (χ0n) is 10.1. The number of hydrogen-bond acceptors (Lipinski definition) is 4. The van der Waals surface area contributed by atoms with Crippen LogP contribution in [0, 0.1) is 0 Å². The molecule has 16 heavy (non-hydrogen) atoms. The molecule has 4 nitrogen and oxygen atoms in total. The third kappa shape index (κ3) is 4.61. The number of aliphatic hydroxyl groups excluding tert-OH is 1. The lowest BCUT2D eigenvalue weighted by atomic mass is 9.92. The van der Waals surface area contributed by atoms with Crippen molar-refractivity contribution in [3.63, 3.8) is 0 Å². The van der Waals surface area contributed by atoms with Gasteiger partial charge in [-0.25, -0.2) is 4.79 Å². The van der Waals surface area contributed by atoms with Crippen LogP contribution in [-0.4, -0.2) is 34.2 Å². The van der Waals surface area contributed by atoms with E-state index in [2.05, 4.69) is 17.9 Å². The van der Waals surface area contributed by atoms with Crippen molar-refractivity contribution >= 4 is 18.7 Å². The van der Waals surface area contributed by atoms with Gasteiger partial charge >= 0.3 is 6.09 Å². The predicted octanol–water partition coefficient (Wildman–Crippen LogP) is 1.72. The van der Waals surface area contributed by atoms with Crippen molar-refractivity contribution in [3.8, 4) is 0 Å². The van der Waals surface area contributed by atoms with Crippen LogP contribution < -0.4 is 5.32 Å². The van der Waals surface area contributed by atoms with Crippen LogP contribution in [0.15, 0.2) is 0 Å². The lowest BCUT2D eigenvalue weighted by molar-refractivity contribution is 0.0456. The standard InChI is InChI=1S/C11H21NO3S/c1-11(2,3)15-10(14)12-7-4-5-9(16)8(13)6-7/h7-9,13,16H,4-6H2,1-3H3,(H,12,14)/t7-,8-,9-/m0/s1. The van der Waals surface area contributed by atoms with Gasteiger partial charge in [0.1, 0.15) is 5.60 Å². The smallest absolute Gasteiger partial charge is 0.407 e. The molecule has 0 saturated heterocycles. The molecule has 1 aliphatic rings. The van der Waals surface area contributed by atoms with Gasteiger partial charge in [-0.2, -0.15) is 12.6 Å². The van der Waals surface area contributed by atoms with Crippen molar-refractivity contribution in [1.29, 1.82) is 0 Å². The Bertz CT molecular complexity index is 252. The van der Waals surface area contributed by atoms with E-state index >= 15 is 0 Å². The Morgan fingerprint density at radius 1 is 1.44 bits per heavy atom. The molecular weight excluding hydrogens is 226 g/mol. The molecular formula is C11H21NO3S. The molecule has 0 aliphatic heterocycles. The van der Waals surface area contributed by atoms with Crippen molar-refractivity contribution in [2.45, 2.75) is 63.0 Å². The van der Waals surface area contributed by atoms with Gasteiger partial charge in [0.05, 0.1) is 6.10 Å². The van der Waals surface area contributed by atoms with Crippen LogP contribution in [-0.2, 0) is 4.74 Å². The van der Waals surface area contributed by atoms with Crippen molar-refractivity contribution in [2.24, 2.45) is 0 Å². The van der Waals surface area contributed by atoms with Crippen LogP contribution in [0.25, 0.3) is 0 Å². The highest BCUT2D eigenvalue weighted by Gasteiger charge is 2.28. The first-order valence-electron chi connectivity index (χ1n) is 5.63. The molecule has 2 N–H and O–H groups in total. The molecule has 0 bridgehead atoms. The van der Waals surface area contributed by atoms with Crippen LogP contribution >= 0.6 is 12.6 Å². The minimum absolute atomic E-state index is 0.00625. The number of ether oxygens (including phenoxy) is 1. The zero-order valence-corrected chi connectivity index (χ0v) is 11.0. The number of rotatable bonds is 1. The quantitative estimate of drug-likeness (QED) is 0.618. The fraction of sp³-hybridized carbons (Fsp3) is 0.909. The van der Waals surface area contributed by atoms with E-state index in [0.29, 0.717) is 6.42 Å². The van der Waals surface area contributed by atoms with Crippen molar-refractivity contribution in [3.05, 3.63) is 0 Å². The molecule has 0 aromatic carbocycles. The Hall–Kier alpha value is -0.420. The van der Waals surface area contributed by atoms with E-state index < -0.39 is 17.8 Å². The van der Waals surface area contributed by atoms with Crippen LogP contribution in [0.4, 0.5) is 4.79 Å². The summed E-state index contributed by atoms with van der Waals surface area (Å²) in [4.78, 5) is 11.5. The van der Waals surface area contributed by atoms with Gasteiger partial charge in [0.25, 0.3) is 0 Å². The summed E-state index contributed by atoms with van der Waals surface area (Å²) in [5.74, 6) is 0. The van der Waals surface area contributed by atoms with E-state index in [1.165, 1.54) is 0 Å². The number of thiol groups is 1. The summed E-state index contributed by atoms with van der Waals surface area (Å²) in [7, 11) is 0. The first kappa shape index (κ1) is 13.6. The third-order valence-electron chi connectivity index (χ3n) is 2.50. The van der Waals surface area contributed by atoms with Crippen LogP contribution in [0.5, 0.6) is 0 Å².